The number of amides is 2. The first-order chi connectivity index (χ1) is 16.5. The maximum absolute atomic E-state index is 13.6. The second-order valence-corrected chi connectivity index (χ2v) is 9.40. The van der Waals surface area contributed by atoms with Crippen molar-refractivity contribution in [2.45, 2.75) is 24.5 Å². The van der Waals surface area contributed by atoms with E-state index in [1.165, 1.54) is 0 Å². The smallest absolute Gasteiger partial charge is 0.422 e. The third-order valence-corrected chi connectivity index (χ3v) is 7.63. The average molecular weight is 537 g/mol. The molecule has 8 nitrogen and oxygen atoms in total. The molecule has 0 radical (unpaired) electrons. The largest absolute Gasteiger partial charge is 1.00 e. The first-order valence-electron chi connectivity index (χ1n) is 11.6. The number of carbonyl (C=O) groups excluding carboxylic acids is 2. The second-order valence-electron chi connectivity index (χ2n) is 9.40. The summed E-state index contributed by atoms with van der Waals surface area (Å²) < 4.78 is 6.22. The minimum atomic E-state index is -1.87. The summed E-state index contributed by atoms with van der Waals surface area (Å²) in [6, 6.07) is 18.0. The standard InChI is InChI=1S/C26H24N4O4.BrH/c31-24(26(33)20-8-3-1-6-18(20)19-7-2-4-9-21(19)26)34-22-16-30(14-11-17(22)12-15-30)25(32)28-23-10-5-13-27-29-23;/h1-10,13,17,22,33H,11-12,14-16H2;1H/t17?,22-,30?;/m0./s1. The van der Waals surface area contributed by atoms with Gasteiger partial charge in [0.25, 0.3) is 0 Å². The Bertz CT molecular complexity index is 1230. The number of nitrogens with zero attached hydrogens (tertiary/aromatic N) is 3. The lowest BCUT2D eigenvalue weighted by Gasteiger charge is -2.49. The van der Waals surface area contributed by atoms with Crippen molar-refractivity contribution in [1.29, 1.82) is 0 Å². The van der Waals surface area contributed by atoms with E-state index in [9.17, 15) is 14.7 Å². The van der Waals surface area contributed by atoms with E-state index in [2.05, 4.69) is 15.5 Å². The fourth-order valence-corrected chi connectivity index (χ4v) is 5.80. The summed E-state index contributed by atoms with van der Waals surface area (Å²) in [5, 5.41) is 22.4. The molecule has 0 spiro atoms. The van der Waals surface area contributed by atoms with Crippen molar-refractivity contribution in [3.63, 3.8) is 0 Å². The van der Waals surface area contributed by atoms with Gasteiger partial charge in [-0.1, -0.05) is 48.5 Å². The lowest BCUT2D eigenvalue weighted by Crippen LogP contribution is -3.00. The van der Waals surface area contributed by atoms with Crippen molar-refractivity contribution < 1.29 is 40.9 Å². The molecule has 35 heavy (non-hydrogen) atoms. The highest BCUT2D eigenvalue weighted by atomic mass is 79.9. The van der Waals surface area contributed by atoms with Gasteiger partial charge in [-0.15, -0.1) is 5.10 Å². The first kappa shape index (κ1) is 23.6. The minimum absolute atomic E-state index is 0. The summed E-state index contributed by atoms with van der Waals surface area (Å²) in [6.45, 7) is 1.74. The second kappa shape index (κ2) is 8.82. The van der Waals surface area contributed by atoms with E-state index in [0.717, 1.165) is 24.0 Å². The minimum Gasteiger partial charge on any atom is -1.00 e. The Labute approximate surface area is 213 Å². The molecule has 2 aromatic carbocycles. The highest BCUT2D eigenvalue weighted by Crippen LogP contribution is 2.48. The molecule has 1 atom stereocenters. The van der Waals surface area contributed by atoms with E-state index in [-0.39, 0.29) is 33.4 Å². The maximum Gasteiger partial charge on any atom is 0.422 e. The number of hydrogen-bond donors (Lipinski definition) is 2. The Hall–Kier alpha value is -3.14. The summed E-state index contributed by atoms with van der Waals surface area (Å²) in [6.07, 6.45) is 2.65. The summed E-state index contributed by atoms with van der Waals surface area (Å²) in [7, 11) is 0. The normalized spacial score (nSPS) is 25.1. The number of ether oxygens (including phenoxy) is 1. The number of halogens is 1. The molecule has 4 heterocycles. The van der Waals surface area contributed by atoms with Crippen LogP contribution in [0.5, 0.6) is 0 Å². The number of nitrogens with one attached hydrogen (secondary N) is 1. The van der Waals surface area contributed by atoms with Crippen LogP contribution < -0.4 is 22.3 Å². The van der Waals surface area contributed by atoms with Crippen LogP contribution in [0.2, 0.25) is 0 Å². The number of esters is 1. The summed E-state index contributed by atoms with van der Waals surface area (Å²) in [4.78, 5) is 26.8. The lowest BCUT2D eigenvalue weighted by molar-refractivity contribution is -0.869. The van der Waals surface area contributed by atoms with Crippen LogP contribution in [0.15, 0.2) is 66.9 Å². The van der Waals surface area contributed by atoms with Crippen LogP contribution in [0.1, 0.15) is 24.0 Å². The van der Waals surface area contributed by atoms with Crippen molar-refractivity contribution in [3.05, 3.63) is 78.0 Å². The summed E-state index contributed by atoms with van der Waals surface area (Å²) in [5.74, 6) is -0.116. The van der Waals surface area contributed by atoms with Gasteiger partial charge in [-0.25, -0.2) is 14.1 Å². The number of hydrogen-bond acceptors (Lipinski definition) is 6. The Morgan fingerprint density at radius 2 is 1.60 bits per heavy atom. The number of quaternary nitrogens is 1. The number of anilines is 1. The molecule has 3 fully saturated rings. The Morgan fingerprint density at radius 1 is 0.971 bits per heavy atom. The number of aromatic nitrogens is 2. The molecule has 4 aliphatic rings. The van der Waals surface area contributed by atoms with E-state index >= 15 is 0 Å². The molecule has 9 heteroatoms. The predicted octanol–water partition coefficient (Wildman–Crippen LogP) is 0.0812. The number of carbonyl (C=O) groups is 2. The number of aliphatic hydroxyl groups is 1. The van der Waals surface area contributed by atoms with Gasteiger partial charge in [0.05, 0.1) is 13.1 Å². The van der Waals surface area contributed by atoms with Gasteiger partial charge in [0.2, 0.25) is 5.60 Å². The molecule has 3 aromatic rings. The predicted molar refractivity (Wildman–Crippen MR) is 123 cm³/mol. The molecule has 3 saturated heterocycles. The van der Waals surface area contributed by atoms with Gasteiger partial charge in [0, 0.05) is 36.1 Å². The summed E-state index contributed by atoms with van der Waals surface area (Å²) in [5.41, 5.74) is 0.863. The van der Waals surface area contributed by atoms with Crippen LogP contribution >= 0.6 is 0 Å². The number of piperidine rings is 3. The number of fused-ring (bicyclic) bond motifs is 6. The van der Waals surface area contributed by atoms with Gasteiger partial charge >= 0.3 is 12.0 Å². The zero-order chi connectivity index (χ0) is 23.3. The zero-order valence-electron chi connectivity index (χ0n) is 18.9. The Balaban J connectivity index is 0.00000253. The topological polar surface area (TPSA) is 101 Å². The molecule has 2 amide bonds. The van der Waals surface area contributed by atoms with E-state index in [1.807, 2.05) is 36.4 Å². The van der Waals surface area contributed by atoms with Crippen molar-refractivity contribution in [2.75, 3.05) is 25.0 Å². The molecule has 2 N–H and O–H groups in total. The molecule has 180 valence electrons. The maximum atomic E-state index is 13.6. The third kappa shape index (κ3) is 3.65. The molecular weight excluding hydrogens is 512 g/mol. The van der Waals surface area contributed by atoms with Gasteiger partial charge in [-0.3, -0.25) is 5.32 Å². The molecule has 3 aliphatic heterocycles. The van der Waals surface area contributed by atoms with Gasteiger partial charge in [0.1, 0.15) is 6.54 Å². The fourth-order valence-electron chi connectivity index (χ4n) is 5.80. The lowest BCUT2D eigenvalue weighted by atomic mass is 9.83. The SMILES string of the molecule is O=C(O[C@H]1C[N+]2(C(=O)Nc3cccnn3)CCC1CC2)C1(O)c2ccccc2-c2ccccc21.[Br-]. The van der Waals surface area contributed by atoms with Crippen molar-refractivity contribution in [2.24, 2.45) is 5.92 Å². The molecule has 1 aromatic heterocycles. The Morgan fingerprint density at radius 3 is 2.20 bits per heavy atom. The average Bonchev–Trinajstić information content (AvgIpc) is 3.15. The summed E-state index contributed by atoms with van der Waals surface area (Å²) >= 11 is 0. The van der Waals surface area contributed by atoms with Crippen molar-refractivity contribution in [1.82, 2.24) is 10.2 Å². The quantitative estimate of drug-likeness (QED) is 0.363. The molecule has 7 rings (SSSR count). The first-order valence-corrected chi connectivity index (χ1v) is 11.6. The third-order valence-electron chi connectivity index (χ3n) is 7.63. The highest BCUT2D eigenvalue weighted by molar-refractivity contribution is 5.96. The van der Waals surface area contributed by atoms with Crippen LogP contribution in [0.4, 0.5) is 10.6 Å². The Kier molecular flexibility index (Phi) is 5.94. The zero-order valence-corrected chi connectivity index (χ0v) is 20.5. The highest BCUT2D eigenvalue weighted by Gasteiger charge is 2.55. The number of urea groups is 1. The molecule has 2 bridgehead atoms. The van der Waals surface area contributed by atoms with Crippen molar-refractivity contribution in [3.8, 4) is 11.1 Å². The van der Waals surface area contributed by atoms with Crippen LogP contribution in [-0.4, -0.2) is 57.5 Å². The van der Waals surface area contributed by atoms with Crippen LogP contribution in [-0.2, 0) is 15.1 Å². The fraction of sp³-hybridized carbons (Fsp3) is 0.308. The van der Waals surface area contributed by atoms with Crippen molar-refractivity contribution >= 4 is 17.8 Å². The molecular formula is C26H25BrN4O4. The van der Waals surface area contributed by atoms with Gasteiger partial charge in [-0.05, 0) is 23.3 Å². The number of rotatable bonds is 3. The van der Waals surface area contributed by atoms with Gasteiger partial charge < -0.3 is 26.8 Å². The van der Waals surface area contributed by atoms with Crippen LogP contribution in [0.3, 0.4) is 0 Å². The van der Waals surface area contributed by atoms with Gasteiger partial charge in [0.15, 0.2) is 11.9 Å². The van der Waals surface area contributed by atoms with Gasteiger partial charge in [-0.2, -0.15) is 5.10 Å². The van der Waals surface area contributed by atoms with E-state index in [0.29, 0.717) is 36.6 Å². The molecule has 0 unspecified atom stereocenters. The van der Waals surface area contributed by atoms with E-state index in [1.54, 1.807) is 30.5 Å². The monoisotopic (exact) mass is 536 g/mol. The van der Waals surface area contributed by atoms with Crippen LogP contribution in [0.25, 0.3) is 11.1 Å². The number of benzene rings is 2. The van der Waals surface area contributed by atoms with E-state index < -0.39 is 17.7 Å². The van der Waals surface area contributed by atoms with E-state index in [4.69, 9.17) is 4.74 Å². The van der Waals surface area contributed by atoms with Crippen LogP contribution in [0, 0.1) is 5.92 Å². The molecule has 0 saturated carbocycles. The molecule has 1 aliphatic carbocycles.